The second-order valence-electron chi connectivity index (χ2n) is 6.22. The van der Waals surface area contributed by atoms with E-state index in [0.29, 0.717) is 5.56 Å². The minimum absolute atomic E-state index is 0.0587. The largest absolute Gasteiger partial charge is 0.478 e. The third-order valence-electron chi connectivity index (χ3n) is 4.13. The fourth-order valence-corrected chi connectivity index (χ4v) is 3.75. The molecule has 27 heavy (non-hydrogen) atoms. The maximum atomic E-state index is 12.8. The van der Waals surface area contributed by atoms with Crippen molar-refractivity contribution >= 4 is 27.6 Å². The van der Waals surface area contributed by atoms with Gasteiger partial charge in [0.2, 0.25) is 0 Å². The summed E-state index contributed by atoms with van der Waals surface area (Å²) in [7, 11) is -4.08. The van der Waals surface area contributed by atoms with Crippen LogP contribution in [0.4, 0.5) is 5.69 Å². The van der Waals surface area contributed by atoms with E-state index in [1.54, 1.807) is 19.1 Å². The van der Waals surface area contributed by atoms with Gasteiger partial charge in [-0.05, 0) is 50.1 Å². The van der Waals surface area contributed by atoms with Gasteiger partial charge in [-0.15, -0.1) is 0 Å². The van der Waals surface area contributed by atoms with Crippen LogP contribution in [0.2, 0.25) is 0 Å². The van der Waals surface area contributed by atoms with Crippen LogP contribution in [0.15, 0.2) is 47.4 Å². The number of nitrogens with one attached hydrogen (secondary N) is 2. The van der Waals surface area contributed by atoms with Crippen molar-refractivity contribution < 1.29 is 23.1 Å². The number of anilines is 1. The molecule has 0 heterocycles. The molecule has 0 spiro atoms. The number of hydrogen-bond donors (Lipinski definition) is 3. The molecule has 0 unspecified atom stereocenters. The SMILES string of the molecule is CC[C@H](C)NC(=O)c1ccccc1NS(=O)(=O)c1cc(C(=O)O)ccc1C. The van der Waals surface area contributed by atoms with E-state index in [1.165, 1.54) is 24.3 Å². The summed E-state index contributed by atoms with van der Waals surface area (Å²) in [5.41, 5.74) is 0.574. The molecular weight excluding hydrogens is 368 g/mol. The Labute approximate surface area is 158 Å². The van der Waals surface area contributed by atoms with Crippen LogP contribution in [0.25, 0.3) is 0 Å². The van der Waals surface area contributed by atoms with Crippen LogP contribution >= 0.6 is 0 Å². The molecule has 1 amide bonds. The molecule has 0 aliphatic rings. The van der Waals surface area contributed by atoms with E-state index in [4.69, 9.17) is 5.11 Å². The summed E-state index contributed by atoms with van der Waals surface area (Å²) >= 11 is 0. The standard InChI is InChI=1S/C19H22N2O5S/c1-4-13(3)20-18(22)15-7-5-6-8-16(15)21-27(25,26)17-11-14(19(23)24)10-9-12(17)2/h5-11,13,21H,4H2,1-3H3,(H,20,22)(H,23,24)/t13-/m0/s1. The average Bonchev–Trinajstić information content (AvgIpc) is 2.61. The first-order valence-electron chi connectivity index (χ1n) is 8.42. The summed E-state index contributed by atoms with van der Waals surface area (Å²) in [5.74, 6) is -1.61. The molecule has 3 N–H and O–H groups in total. The van der Waals surface area contributed by atoms with Crippen molar-refractivity contribution in [3.8, 4) is 0 Å². The Hall–Kier alpha value is -2.87. The van der Waals surface area contributed by atoms with Crippen LogP contribution < -0.4 is 10.0 Å². The first kappa shape index (κ1) is 20.4. The highest BCUT2D eigenvalue weighted by Crippen LogP contribution is 2.23. The molecule has 2 rings (SSSR count). The van der Waals surface area contributed by atoms with Crippen molar-refractivity contribution in [1.29, 1.82) is 0 Å². The van der Waals surface area contributed by atoms with Gasteiger partial charge < -0.3 is 10.4 Å². The van der Waals surface area contributed by atoms with Crippen LogP contribution in [-0.2, 0) is 10.0 Å². The van der Waals surface area contributed by atoms with Gasteiger partial charge in [0.15, 0.2) is 0 Å². The molecule has 0 fully saturated rings. The first-order chi connectivity index (χ1) is 12.7. The van der Waals surface area contributed by atoms with E-state index in [1.807, 2.05) is 13.8 Å². The van der Waals surface area contributed by atoms with Gasteiger partial charge in [0.1, 0.15) is 0 Å². The summed E-state index contributed by atoms with van der Waals surface area (Å²) in [6, 6.07) is 10.1. The molecule has 0 aliphatic carbocycles. The van der Waals surface area contributed by atoms with Crippen molar-refractivity contribution in [3.63, 3.8) is 0 Å². The maximum absolute atomic E-state index is 12.8. The van der Waals surface area contributed by atoms with Gasteiger partial charge in [-0.25, -0.2) is 13.2 Å². The number of benzene rings is 2. The van der Waals surface area contributed by atoms with Crippen molar-refractivity contribution in [2.24, 2.45) is 0 Å². The molecule has 8 heteroatoms. The lowest BCUT2D eigenvalue weighted by atomic mass is 10.1. The molecule has 0 bridgehead atoms. The van der Waals surface area contributed by atoms with Gasteiger partial charge in [0, 0.05) is 6.04 Å². The number of rotatable bonds is 7. The lowest BCUT2D eigenvalue weighted by Crippen LogP contribution is -2.32. The Bertz CT molecular complexity index is 970. The van der Waals surface area contributed by atoms with Gasteiger partial charge in [-0.2, -0.15) is 0 Å². The monoisotopic (exact) mass is 390 g/mol. The third-order valence-corrected chi connectivity index (χ3v) is 5.64. The molecular formula is C19H22N2O5S. The number of hydrogen-bond acceptors (Lipinski definition) is 4. The zero-order valence-electron chi connectivity index (χ0n) is 15.3. The molecule has 7 nitrogen and oxygen atoms in total. The fraction of sp³-hybridized carbons (Fsp3) is 0.263. The molecule has 144 valence electrons. The molecule has 0 aliphatic heterocycles. The second kappa shape index (κ2) is 8.22. The average molecular weight is 390 g/mol. The molecule has 0 radical (unpaired) electrons. The Kier molecular flexibility index (Phi) is 6.22. The minimum atomic E-state index is -4.08. The van der Waals surface area contributed by atoms with Gasteiger partial charge in [0.05, 0.1) is 21.7 Å². The fourth-order valence-electron chi connectivity index (χ4n) is 2.40. The van der Waals surface area contributed by atoms with E-state index in [-0.39, 0.29) is 27.8 Å². The molecule has 2 aromatic carbocycles. The van der Waals surface area contributed by atoms with E-state index in [0.717, 1.165) is 12.5 Å². The highest BCUT2D eigenvalue weighted by Gasteiger charge is 2.22. The predicted molar refractivity (Wildman–Crippen MR) is 103 cm³/mol. The molecule has 0 saturated heterocycles. The molecule has 0 saturated carbocycles. The van der Waals surface area contributed by atoms with E-state index in [9.17, 15) is 18.0 Å². The van der Waals surface area contributed by atoms with Crippen molar-refractivity contribution in [3.05, 3.63) is 59.2 Å². The maximum Gasteiger partial charge on any atom is 0.335 e. The number of carbonyl (C=O) groups excluding carboxylic acids is 1. The number of carboxylic acids is 1. The summed E-state index contributed by atoms with van der Waals surface area (Å²) in [4.78, 5) is 23.4. The van der Waals surface area contributed by atoms with Crippen molar-refractivity contribution in [2.75, 3.05) is 4.72 Å². The quantitative estimate of drug-likeness (QED) is 0.673. The first-order valence-corrected chi connectivity index (χ1v) is 9.90. The number of carboxylic acid groups (broad SMARTS) is 1. The van der Waals surface area contributed by atoms with E-state index < -0.39 is 21.9 Å². The second-order valence-corrected chi connectivity index (χ2v) is 7.87. The summed E-state index contributed by atoms with van der Waals surface area (Å²) < 4.78 is 28.0. The number of carbonyl (C=O) groups is 2. The Morgan fingerprint density at radius 1 is 1.15 bits per heavy atom. The predicted octanol–water partition coefficient (Wildman–Crippen LogP) is 3.02. The van der Waals surface area contributed by atoms with Crippen LogP contribution in [0.5, 0.6) is 0 Å². The van der Waals surface area contributed by atoms with Crippen molar-refractivity contribution in [2.45, 2.75) is 38.1 Å². The molecule has 0 aromatic heterocycles. The highest BCUT2D eigenvalue weighted by molar-refractivity contribution is 7.92. The van der Waals surface area contributed by atoms with Crippen LogP contribution in [0.3, 0.4) is 0 Å². The Morgan fingerprint density at radius 3 is 2.44 bits per heavy atom. The van der Waals surface area contributed by atoms with E-state index in [2.05, 4.69) is 10.0 Å². The minimum Gasteiger partial charge on any atom is -0.478 e. The number of para-hydroxylation sites is 1. The van der Waals surface area contributed by atoms with Gasteiger partial charge >= 0.3 is 5.97 Å². The summed E-state index contributed by atoms with van der Waals surface area (Å²) in [5, 5.41) is 11.9. The van der Waals surface area contributed by atoms with E-state index >= 15 is 0 Å². The topological polar surface area (TPSA) is 113 Å². The van der Waals surface area contributed by atoms with Crippen LogP contribution in [0.1, 0.15) is 46.5 Å². The number of amides is 1. The number of aromatic carboxylic acids is 1. The number of sulfonamides is 1. The lowest BCUT2D eigenvalue weighted by molar-refractivity contribution is 0.0696. The third kappa shape index (κ3) is 4.85. The van der Waals surface area contributed by atoms with Gasteiger partial charge in [-0.1, -0.05) is 25.1 Å². The lowest BCUT2D eigenvalue weighted by Gasteiger charge is -2.16. The smallest absolute Gasteiger partial charge is 0.335 e. The summed E-state index contributed by atoms with van der Waals surface area (Å²) in [6.07, 6.45) is 0.737. The van der Waals surface area contributed by atoms with Crippen molar-refractivity contribution in [1.82, 2.24) is 5.32 Å². The van der Waals surface area contributed by atoms with Crippen LogP contribution in [-0.4, -0.2) is 31.4 Å². The van der Waals surface area contributed by atoms with Crippen LogP contribution in [0, 0.1) is 6.92 Å². The normalized spacial score (nSPS) is 12.3. The molecule has 2 aromatic rings. The van der Waals surface area contributed by atoms with Gasteiger partial charge in [-0.3, -0.25) is 9.52 Å². The Morgan fingerprint density at radius 2 is 1.81 bits per heavy atom. The zero-order chi connectivity index (χ0) is 20.2. The zero-order valence-corrected chi connectivity index (χ0v) is 16.1. The van der Waals surface area contributed by atoms with Gasteiger partial charge in [0.25, 0.3) is 15.9 Å². The number of aryl methyl sites for hydroxylation is 1. The molecule has 1 atom stereocenters. The Balaban J connectivity index is 2.41. The highest BCUT2D eigenvalue weighted by atomic mass is 32.2. The summed E-state index contributed by atoms with van der Waals surface area (Å²) in [6.45, 7) is 5.35.